The number of hydrogen-bond acceptors (Lipinski definition) is 1. The fourth-order valence-corrected chi connectivity index (χ4v) is 0.919. The van der Waals surface area contributed by atoms with Gasteiger partial charge in [-0.2, -0.15) is 0 Å². The molecule has 0 bridgehead atoms. The molecular formula is C8H6ClFO. The van der Waals surface area contributed by atoms with E-state index in [1.54, 1.807) is 0 Å². The van der Waals surface area contributed by atoms with Crippen molar-refractivity contribution in [2.75, 3.05) is 0 Å². The van der Waals surface area contributed by atoms with E-state index in [9.17, 15) is 4.39 Å². The van der Waals surface area contributed by atoms with Gasteiger partial charge in [-0.05, 0) is 17.7 Å². The Kier molecular flexibility index (Phi) is 2.15. The van der Waals surface area contributed by atoms with Gasteiger partial charge >= 0.3 is 0 Å². The van der Waals surface area contributed by atoms with Crippen LogP contribution in [0.2, 0.25) is 5.02 Å². The van der Waals surface area contributed by atoms with Crippen LogP contribution in [0.1, 0.15) is 5.56 Å². The van der Waals surface area contributed by atoms with E-state index in [0.717, 1.165) is 6.07 Å². The molecule has 1 rings (SSSR count). The summed E-state index contributed by atoms with van der Waals surface area (Å²) < 4.78 is 12.6. The van der Waals surface area contributed by atoms with Crippen LogP contribution in [0.3, 0.4) is 0 Å². The lowest BCUT2D eigenvalue weighted by atomic mass is 10.2. The normalized spacial score (nSPS) is 9.64. The van der Waals surface area contributed by atoms with Crippen molar-refractivity contribution in [3.63, 3.8) is 0 Å². The van der Waals surface area contributed by atoms with E-state index in [2.05, 4.69) is 6.58 Å². The van der Waals surface area contributed by atoms with Crippen molar-refractivity contribution < 1.29 is 9.50 Å². The number of halogens is 2. The Balaban J connectivity index is 3.31. The van der Waals surface area contributed by atoms with Crippen molar-refractivity contribution in [3.8, 4) is 5.75 Å². The molecule has 0 radical (unpaired) electrons. The molecule has 1 nitrogen and oxygen atoms in total. The highest BCUT2D eigenvalue weighted by Crippen LogP contribution is 2.27. The van der Waals surface area contributed by atoms with Crippen molar-refractivity contribution in [3.05, 3.63) is 35.1 Å². The Morgan fingerprint density at radius 2 is 2.18 bits per heavy atom. The van der Waals surface area contributed by atoms with Gasteiger partial charge in [0.1, 0.15) is 0 Å². The zero-order valence-corrected chi connectivity index (χ0v) is 6.40. The number of rotatable bonds is 1. The number of hydrogen-bond donors (Lipinski definition) is 1. The molecule has 0 heterocycles. The lowest BCUT2D eigenvalue weighted by Gasteiger charge is -1.99. The van der Waals surface area contributed by atoms with Crippen LogP contribution < -0.4 is 0 Å². The largest absolute Gasteiger partial charge is 0.504 e. The molecule has 0 fully saturated rings. The van der Waals surface area contributed by atoms with Crippen molar-refractivity contribution >= 4 is 17.7 Å². The lowest BCUT2D eigenvalue weighted by molar-refractivity contribution is 0.432. The van der Waals surface area contributed by atoms with Gasteiger partial charge in [-0.15, -0.1) is 0 Å². The molecule has 0 spiro atoms. The van der Waals surface area contributed by atoms with Crippen LogP contribution in [0.5, 0.6) is 5.75 Å². The summed E-state index contributed by atoms with van der Waals surface area (Å²) in [5.41, 5.74) is 0.547. The van der Waals surface area contributed by atoms with E-state index in [1.165, 1.54) is 12.1 Å². The Morgan fingerprint density at radius 3 is 2.64 bits per heavy atom. The van der Waals surface area contributed by atoms with Crippen LogP contribution in [0, 0.1) is 5.82 Å². The molecule has 1 aromatic carbocycles. The summed E-state index contributed by atoms with van der Waals surface area (Å²) in [6, 6.07) is 2.60. The summed E-state index contributed by atoms with van der Waals surface area (Å²) >= 11 is 5.46. The van der Waals surface area contributed by atoms with Crippen LogP contribution in [-0.4, -0.2) is 5.11 Å². The van der Waals surface area contributed by atoms with Crippen molar-refractivity contribution in [2.24, 2.45) is 0 Å². The monoisotopic (exact) mass is 172 g/mol. The Hall–Kier alpha value is -1.02. The van der Waals surface area contributed by atoms with E-state index in [0.29, 0.717) is 5.56 Å². The maximum absolute atomic E-state index is 12.6. The third-order valence-corrected chi connectivity index (χ3v) is 1.56. The van der Waals surface area contributed by atoms with Crippen molar-refractivity contribution in [1.29, 1.82) is 0 Å². The molecule has 1 N–H and O–H groups in total. The molecule has 58 valence electrons. The molecule has 0 aliphatic rings. The van der Waals surface area contributed by atoms with Crippen LogP contribution in [0.4, 0.5) is 4.39 Å². The highest BCUT2D eigenvalue weighted by atomic mass is 35.5. The highest BCUT2D eigenvalue weighted by Gasteiger charge is 2.05. The number of benzene rings is 1. The second kappa shape index (κ2) is 2.93. The fourth-order valence-electron chi connectivity index (χ4n) is 0.703. The zero-order chi connectivity index (χ0) is 8.43. The molecule has 0 aliphatic carbocycles. The predicted octanol–water partition coefficient (Wildman–Crippen LogP) is 2.83. The van der Waals surface area contributed by atoms with E-state index < -0.39 is 11.6 Å². The first-order chi connectivity index (χ1) is 5.15. The Bertz CT molecular complexity index is 273. The number of aromatic hydroxyl groups is 1. The molecule has 1 aromatic rings. The molecule has 0 atom stereocenters. The minimum absolute atomic E-state index is 0.0000926. The van der Waals surface area contributed by atoms with Gasteiger partial charge < -0.3 is 5.11 Å². The topological polar surface area (TPSA) is 20.2 Å². The van der Waals surface area contributed by atoms with E-state index in [-0.39, 0.29) is 5.02 Å². The van der Waals surface area contributed by atoms with E-state index in [1.807, 2.05) is 0 Å². The maximum Gasteiger partial charge on any atom is 0.170 e. The van der Waals surface area contributed by atoms with Crippen LogP contribution >= 0.6 is 11.6 Å². The molecular weight excluding hydrogens is 167 g/mol. The van der Waals surface area contributed by atoms with Gasteiger partial charge in [0, 0.05) is 0 Å². The first-order valence-corrected chi connectivity index (χ1v) is 3.33. The van der Waals surface area contributed by atoms with Crippen molar-refractivity contribution in [1.82, 2.24) is 0 Å². The van der Waals surface area contributed by atoms with Crippen LogP contribution in [0.15, 0.2) is 18.7 Å². The second-order valence-corrected chi connectivity index (χ2v) is 2.44. The quantitative estimate of drug-likeness (QED) is 0.691. The first-order valence-electron chi connectivity index (χ1n) is 2.95. The van der Waals surface area contributed by atoms with Crippen LogP contribution in [0.25, 0.3) is 6.08 Å². The first kappa shape index (κ1) is 8.08. The molecule has 0 saturated heterocycles. The number of phenols is 1. The SMILES string of the molecule is C=Cc1cc(F)c(O)c(Cl)c1. The average Bonchev–Trinajstić information content (AvgIpc) is 1.99. The van der Waals surface area contributed by atoms with Gasteiger partial charge in [-0.3, -0.25) is 0 Å². The minimum Gasteiger partial charge on any atom is -0.504 e. The summed E-state index contributed by atoms with van der Waals surface area (Å²) in [5.74, 6) is -1.25. The Labute approximate surface area is 68.7 Å². The number of phenolic OH excluding ortho intramolecular Hbond substituents is 1. The van der Waals surface area contributed by atoms with Gasteiger partial charge in [0.15, 0.2) is 11.6 Å². The fraction of sp³-hybridized carbons (Fsp3) is 0. The summed E-state index contributed by atoms with van der Waals surface area (Å²) in [6.45, 7) is 3.44. The van der Waals surface area contributed by atoms with Crippen molar-refractivity contribution in [2.45, 2.75) is 0 Å². The third kappa shape index (κ3) is 1.52. The molecule has 3 heteroatoms. The van der Waals surface area contributed by atoms with Gasteiger partial charge in [-0.25, -0.2) is 4.39 Å². The van der Waals surface area contributed by atoms with Gasteiger partial charge in [0.25, 0.3) is 0 Å². The molecule has 0 aromatic heterocycles. The maximum atomic E-state index is 12.6. The molecule has 0 amide bonds. The second-order valence-electron chi connectivity index (χ2n) is 2.04. The molecule has 0 saturated carbocycles. The average molecular weight is 173 g/mol. The van der Waals surface area contributed by atoms with Gasteiger partial charge in [-0.1, -0.05) is 24.3 Å². The Morgan fingerprint density at radius 1 is 1.55 bits per heavy atom. The summed E-state index contributed by atoms with van der Waals surface area (Å²) in [5, 5.41) is 8.88. The highest BCUT2D eigenvalue weighted by molar-refractivity contribution is 6.32. The molecule has 11 heavy (non-hydrogen) atoms. The summed E-state index contributed by atoms with van der Waals surface area (Å²) in [4.78, 5) is 0. The van der Waals surface area contributed by atoms with Gasteiger partial charge in [0.05, 0.1) is 5.02 Å². The molecule has 0 unspecified atom stereocenters. The van der Waals surface area contributed by atoms with E-state index >= 15 is 0 Å². The van der Waals surface area contributed by atoms with E-state index in [4.69, 9.17) is 16.7 Å². The summed E-state index contributed by atoms with van der Waals surface area (Å²) in [6.07, 6.45) is 1.45. The third-order valence-electron chi connectivity index (χ3n) is 1.27. The lowest BCUT2D eigenvalue weighted by Crippen LogP contribution is -1.79. The zero-order valence-electron chi connectivity index (χ0n) is 5.64. The van der Waals surface area contributed by atoms with Crippen LogP contribution in [-0.2, 0) is 0 Å². The van der Waals surface area contributed by atoms with Gasteiger partial charge in [0.2, 0.25) is 0 Å². The predicted molar refractivity (Wildman–Crippen MR) is 43.2 cm³/mol. The molecule has 0 aliphatic heterocycles. The minimum atomic E-state index is -0.729. The standard InChI is InChI=1S/C8H6ClFO/c1-2-5-3-6(9)8(11)7(10)4-5/h2-4,11H,1H2. The summed E-state index contributed by atoms with van der Waals surface area (Å²) in [7, 11) is 0. The smallest absolute Gasteiger partial charge is 0.170 e.